The van der Waals surface area contributed by atoms with Gasteiger partial charge in [0.25, 0.3) is 5.91 Å². The molecule has 0 spiro atoms. The van der Waals surface area contributed by atoms with E-state index in [9.17, 15) is 4.79 Å². The highest BCUT2D eigenvalue weighted by molar-refractivity contribution is 14.0. The van der Waals surface area contributed by atoms with E-state index >= 15 is 0 Å². The maximum absolute atomic E-state index is 12.0. The number of methoxy groups -OCH3 is 2. The van der Waals surface area contributed by atoms with E-state index in [1.165, 1.54) is 6.20 Å². The topological polar surface area (TPSA) is 96.9 Å². The first-order chi connectivity index (χ1) is 13.7. The molecule has 0 bridgehead atoms. The van der Waals surface area contributed by atoms with Gasteiger partial charge >= 0.3 is 0 Å². The fourth-order valence-electron chi connectivity index (χ4n) is 2.44. The summed E-state index contributed by atoms with van der Waals surface area (Å²) < 4.78 is 10.6. The van der Waals surface area contributed by atoms with Crippen molar-refractivity contribution in [2.24, 2.45) is 4.99 Å². The molecule has 158 valence electrons. The van der Waals surface area contributed by atoms with Gasteiger partial charge in [-0.25, -0.2) is 4.99 Å². The molecule has 1 amide bonds. The molecule has 1 heterocycles. The van der Waals surface area contributed by atoms with Gasteiger partial charge in [0, 0.05) is 43.7 Å². The molecule has 3 N–H and O–H groups in total. The van der Waals surface area contributed by atoms with Crippen LogP contribution in [0.1, 0.15) is 22.8 Å². The molecule has 0 radical (unpaired) electrons. The molecule has 2 rings (SSSR count). The zero-order chi connectivity index (χ0) is 20.2. The van der Waals surface area contributed by atoms with Gasteiger partial charge in [-0.1, -0.05) is 0 Å². The van der Waals surface area contributed by atoms with Gasteiger partial charge in [-0.2, -0.15) is 0 Å². The van der Waals surface area contributed by atoms with Gasteiger partial charge in [0.1, 0.15) is 11.5 Å². The van der Waals surface area contributed by atoms with E-state index in [0.29, 0.717) is 31.2 Å². The Morgan fingerprint density at radius 2 is 1.90 bits per heavy atom. The van der Waals surface area contributed by atoms with E-state index in [1.54, 1.807) is 32.5 Å². The van der Waals surface area contributed by atoms with Gasteiger partial charge in [0.2, 0.25) is 0 Å². The first-order valence-corrected chi connectivity index (χ1v) is 9.09. The molecule has 0 aliphatic heterocycles. The first kappa shape index (κ1) is 24.5. The van der Waals surface area contributed by atoms with Crippen molar-refractivity contribution in [3.05, 3.63) is 53.9 Å². The molecule has 0 aliphatic carbocycles. The predicted molar refractivity (Wildman–Crippen MR) is 124 cm³/mol. The van der Waals surface area contributed by atoms with Crippen molar-refractivity contribution in [1.82, 2.24) is 20.9 Å². The Morgan fingerprint density at radius 3 is 2.55 bits per heavy atom. The highest BCUT2D eigenvalue weighted by Gasteiger charge is 2.06. The third kappa shape index (κ3) is 8.14. The molecule has 0 saturated carbocycles. The Hall–Kier alpha value is -2.56. The van der Waals surface area contributed by atoms with E-state index in [4.69, 9.17) is 9.47 Å². The van der Waals surface area contributed by atoms with Crippen molar-refractivity contribution in [3.8, 4) is 11.5 Å². The molecule has 0 fully saturated rings. The Balaban J connectivity index is 0.00000420. The minimum Gasteiger partial charge on any atom is -0.497 e. The summed E-state index contributed by atoms with van der Waals surface area (Å²) in [6.45, 7) is 4.18. The van der Waals surface area contributed by atoms with Crippen LogP contribution in [0, 0.1) is 0 Å². The third-order valence-corrected chi connectivity index (χ3v) is 3.87. The summed E-state index contributed by atoms with van der Waals surface area (Å²) in [5, 5.41) is 9.23. The van der Waals surface area contributed by atoms with Crippen LogP contribution in [-0.2, 0) is 6.54 Å². The van der Waals surface area contributed by atoms with Crippen LogP contribution in [0.15, 0.2) is 47.7 Å². The van der Waals surface area contributed by atoms with Crippen LogP contribution >= 0.6 is 24.0 Å². The van der Waals surface area contributed by atoms with Gasteiger partial charge in [-0.3, -0.25) is 9.78 Å². The molecule has 0 atom stereocenters. The van der Waals surface area contributed by atoms with Crippen molar-refractivity contribution >= 4 is 35.8 Å². The van der Waals surface area contributed by atoms with Crippen molar-refractivity contribution in [3.63, 3.8) is 0 Å². The lowest BCUT2D eigenvalue weighted by atomic mass is 10.2. The molecule has 0 unspecified atom stereocenters. The number of hydrogen-bond acceptors (Lipinski definition) is 5. The number of rotatable bonds is 9. The van der Waals surface area contributed by atoms with Crippen LogP contribution in [0.4, 0.5) is 0 Å². The number of pyridine rings is 1. The second kappa shape index (κ2) is 13.6. The predicted octanol–water partition coefficient (Wildman–Crippen LogP) is 2.20. The van der Waals surface area contributed by atoms with Crippen molar-refractivity contribution < 1.29 is 14.3 Å². The zero-order valence-corrected chi connectivity index (χ0v) is 19.2. The van der Waals surface area contributed by atoms with Crippen LogP contribution < -0.4 is 25.4 Å². The average molecular weight is 513 g/mol. The molecule has 9 heteroatoms. The van der Waals surface area contributed by atoms with Gasteiger partial charge in [-0.05, 0) is 31.2 Å². The van der Waals surface area contributed by atoms with Crippen LogP contribution in [0.5, 0.6) is 11.5 Å². The SMILES string of the molecule is CCNC(=NCc1ccc(OC)cc1OC)NCCNC(=O)c1cccnc1.I. The highest BCUT2D eigenvalue weighted by Crippen LogP contribution is 2.25. The summed E-state index contributed by atoms with van der Waals surface area (Å²) in [6.07, 6.45) is 3.17. The van der Waals surface area contributed by atoms with E-state index in [-0.39, 0.29) is 29.9 Å². The van der Waals surface area contributed by atoms with E-state index in [0.717, 1.165) is 23.6 Å². The van der Waals surface area contributed by atoms with Gasteiger partial charge in [0.05, 0.1) is 26.3 Å². The Morgan fingerprint density at radius 1 is 1.10 bits per heavy atom. The second-order valence-corrected chi connectivity index (χ2v) is 5.80. The lowest BCUT2D eigenvalue weighted by Gasteiger charge is -2.13. The zero-order valence-electron chi connectivity index (χ0n) is 16.9. The number of aliphatic imine (C=N–C) groups is 1. The van der Waals surface area contributed by atoms with Crippen molar-refractivity contribution in [2.45, 2.75) is 13.5 Å². The molecule has 1 aromatic heterocycles. The number of nitrogens with zero attached hydrogens (tertiary/aromatic N) is 2. The average Bonchev–Trinajstić information content (AvgIpc) is 2.75. The van der Waals surface area contributed by atoms with Crippen LogP contribution in [-0.4, -0.2) is 50.7 Å². The second-order valence-electron chi connectivity index (χ2n) is 5.80. The molecule has 29 heavy (non-hydrogen) atoms. The lowest BCUT2D eigenvalue weighted by molar-refractivity contribution is 0.0954. The summed E-state index contributed by atoms with van der Waals surface area (Å²) >= 11 is 0. The van der Waals surface area contributed by atoms with E-state index < -0.39 is 0 Å². The van der Waals surface area contributed by atoms with E-state index in [1.807, 2.05) is 25.1 Å². The van der Waals surface area contributed by atoms with Crippen LogP contribution in [0.3, 0.4) is 0 Å². The number of halogens is 1. The van der Waals surface area contributed by atoms with Gasteiger partial charge in [-0.15, -0.1) is 24.0 Å². The molecular weight excluding hydrogens is 485 g/mol. The number of benzene rings is 1. The van der Waals surface area contributed by atoms with Gasteiger partial charge < -0.3 is 25.4 Å². The lowest BCUT2D eigenvalue weighted by Crippen LogP contribution is -2.41. The number of carbonyl (C=O) groups excluding carboxylic acids is 1. The summed E-state index contributed by atoms with van der Waals surface area (Å²) in [5.74, 6) is 1.97. The summed E-state index contributed by atoms with van der Waals surface area (Å²) in [4.78, 5) is 20.5. The van der Waals surface area contributed by atoms with Crippen molar-refractivity contribution in [1.29, 1.82) is 0 Å². The Bertz CT molecular complexity index is 787. The first-order valence-electron chi connectivity index (χ1n) is 9.09. The summed E-state index contributed by atoms with van der Waals surface area (Å²) in [7, 11) is 3.24. The minimum atomic E-state index is -0.153. The third-order valence-electron chi connectivity index (χ3n) is 3.87. The van der Waals surface area contributed by atoms with Crippen LogP contribution in [0.25, 0.3) is 0 Å². The number of guanidine groups is 1. The summed E-state index contributed by atoms with van der Waals surface area (Å²) in [6, 6.07) is 9.10. The summed E-state index contributed by atoms with van der Waals surface area (Å²) in [5.41, 5.74) is 1.49. The van der Waals surface area contributed by atoms with Crippen LogP contribution in [0.2, 0.25) is 0 Å². The quantitative estimate of drug-likeness (QED) is 0.206. The standard InChI is InChI=1S/C20H27N5O3.HI/c1-4-22-20(24-11-10-23-19(26)16-6-5-9-21-13-16)25-14-15-7-8-17(27-2)12-18(15)28-3;/h5-9,12-13H,4,10-11,14H2,1-3H3,(H,23,26)(H2,22,24,25);1H. The van der Waals surface area contributed by atoms with E-state index in [2.05, 4.69) is 25.9 Å². The maximum atomic E-state index is 12.0. The molecule has 0 saturated heterocycles. The number of amides is 1. The number of hydrogen-bond donors (Lipinski definition) is 3. The fourth-order valence-corrected chi connectivity index (χ4v) is 2.44. The molecular formula is C20H28IN5O3. The Labute approximate surface area is 188 Å². The number of ether oxygens (including phenoxy) is 2. The van der Waals surface area contributed by atoms with Crippen molar-refractivity contribution in [2.75, 3.05) is 33.9 Å². The number of carbonyl (C=O) groups is 1. The Kier molecular flexibility index (Phi) is 11.5. The monoisotopic (exact) mass is 513 g/mol. The highest BCUT2D eigenvalue weighted by atomic mass is 127. The van der Waals surface area contributed by atoms with Gasteiger partial charge in [0.15, 0.2) is 5.96 Å². The molecule has 1 aromatic carbocycles. The maximum Gasteiger partial charge on any atom is 0.252 e. The molecule has 2 aromatic rings. The number of nitrogens with one attached hydrogen (secondary N) is 3. The molecule has 0 aliphatic rings. The largest absolute Gasteiger partial charge is 0.497 e. The molecule has 8 nitrogen and oxygen atoms in total. The fraction of sp³-hybridized carbons (Fsp3) is 0.350. The minimum absolute atomic E-state index is 0. The smallest absolute Gasteiger partial charge is 0.252 e. The normalized spacial score (nSPS) is 10.5. The number of aromatic nitrogens is 1.